The fraction of sp³-hybridized carbons (Fsp3) is 0.400. The summed E-state index contributed by atoms with van der Waals surface area (Å²) in [5.41, 5.74) is 0.476. The average molecular weight is 407 g/mol. The number of aliphatic hydroxyl groups is 1. The molecular formula is C20H26N2O5S. The van der Waals surface area contributed by atoms with Crippen molar-refractivity contribution in [1.29, 1.82) is 0 Å². The first-order chi connectivity index (χ1) is 13.5. The topological polar surface area (TPSA) is 106 Å². The lowest BCUT2D eigenvalue weighted by atomic mass is 10.2. The van der Waals surface area contributed by atoms with Crippen LogP contribution in [-0.2, 0) is 16.6 Å². The zero-order valence-electron chi connectivity index (χ0n) is 15.9. The van der Waals surface area contributed by atoms with Gasteiger partial charge in [-0.15, -0.1) is 0 Å². The highest BCUT2D eigenvalue weighted by molar-refractivity contribution is 7.90. The highest BCUT2D eigenvalue weighted by Crippen LogP contribution is 2.17. The maximum absolute atomic E-state index is 12.4. The van der Waals surface area contributed by atoms with E-state index in [1.807, 2.05) is 4.72 Å². The average Bonchev–Trinajstić information content (AvgIpc) is 2.70. The molecule has 0 atom stereocenters. The van der Waals surface area contributed by atoms with Crippen LogP contribution in [0, 0.1) is 0 Å². The minimum Gasteiger partial charge on any atom is -0.494 e. The van der Waals surface area contributed by atoms with Crippen LogP contribution >= 0.6 is 0 Å². The van der Waals surface area contributed by atoms with Gasteiger partial charge in [-0.3, -0.25) is 9.78 Å². The number of hydrogen-bond acceptors (Lipinski definition) is 6. The van der Waals surface area contributed by atoms with Gasteiger partial charge in [0.15, 0.2) is 0 Å². The number of amides is 1. The molecule has 1 heterocycles. The molecule has 1 amide bonds. The fourth-order valence-corrected chi connectivity index (χ4v) is 3.48. The van der Waals surface area contributed by atoms with Crippen molar-refractivity contribution in [2.45, 2.75) is 50.5 Å². The van der Waals surface area contributed by atoms with E-state index in [-0.39, 0.29) is 17.1 Å². The largest absolute Gasteiger partial charge is 0.494 e. The Bertz CT molecular complexity index is 849. The third kappa shape index (κ3) is 6.61. The monoisotopic (exact) mass is 406 g/mol. The summed E-state index contributed by atoms with van der Waals surface area (Å²) in [6.07, 6.45) is 6.89. The van der Waals surface area contributed by atoms with E-state index in [1.165, 1.54) is 49.7 Å². The van der Waals surface area contributed by atoms with Gasteiger partial charge in [-0.1, -0.05) is 32.6 Å². The second kappa shape index (κ2) is 10.8. The van der Waals surface area contributed by atoms with E-state index in [1.54, 1.807) is 12.1 Å². The summed E-state index contributed by atoms with van der Waals surface area (Å²) in [4.78, 5) is 16.0. The molecule has 0 bridgehead atoms. The van der Waals surface area contributed by atoms with E-state index >= 15 is 0 Å². The van der Waals surface area contributed by atoms with E-state index in [4.69, 9.17) is 9.84 Å². The highest BCUT2D eigenvalue weighted by atomic mass is 32.2. The lowest BCUT2D eigenvalue weighted by Crippen LogP contribution is -2.30. The summed E-state index contributed by atoms with van der Waals surface area (Å²) in [5.74, 6) is -0.200. The van der Waals surface area contributed by atoms with Gasteiger partial charge in [0.1, 0.15) is 5.75 Å². The first-order valence-electron chi connectivity index (χ1n) is 9.32. The normalized spacial score (nSPS) is 11.2. The van der Waals surface area contributed by atoms with Crippen molar-refractivity contribution in [3.8, 4) is 5.75 Å². The number of nitrogens with one attached hydrogen (secondary N) is 1. The molecule has 2 N–H and O–H groups in total. The lowest BCUT2D eigenvalue weighted by molar-refractivity contribution is 0.0981. The van der Waals surface area contributed by atoms with Gasteiger partial charge in [0.2, 0.25) is 0 Å². The van der Waals surface area contributed by atoms with Gasteiger partial charge in [0, 0.05) is 6.20 Å². The van der Waals surface area contributed by atoms with Crippen molar-refractivity contribution in [2.24, 2.45) is 0 Å². The Kier molecular flexibility index (Phi) is 8.41. The summed E-state index contributed by atoms with van der Waals surface area (Å²) < 4.78 is 32.4. The standard InChI is InChI=1S/C20H26N2O5S/c1-2-3-4-5-6-13-27-18-9-11-19(12-10-18)28(25,26)22-20(24)16-7-8-17(15-23)21-14-16/h7-12,14,23H,2-6,13,15H2,1H3,(H,22,24). The third-order valence-corrected chi connectivity index (χ3v) is 5.47. The number of hydrogen-bond donors (Lipinski definition) is 2. The molecule has 2 aromatic rings. The molecule has 0 fully saturated rings. The first kappa shape index (κ1) is 21.8. The summed E-state index contributed by atoms with van der Waals surface area (Å²) in [5, 5.41) is 8.96. The maximum Gasteiger partial charge on any atom is 0.266 e. The van der Waals surface area contributed by atoms with E-state index < -0.39 is 15.9 Å². The highest BCUT2D eigenvalue weighted by Gasteiger charge is 2.19. The van der Waals surface area contributed by atoms with E-state index in [0.717, 1.165) is 12.8 Å². The molecule has 0 unspecified atom stereocenters. The number of rotatable bonds is 11. The molecule has 7 nitrogen and oxygen atoms in total. The van der Waals surface area contributed by atoms with Crippen LogP contribution < -0.4 is 9.46 Å². The Morgan fingerprint density at radius 1 is 1.07 bits per heavy atom. The van der Waals surface area contributed by atoms with Gasteiger partial charge >= 0.3 is 0 Å². The summed E-state index contributed by atoms with van der Waals surface area (Å²) in [6, 6.07) is 8.80. The summed E-state index contributed by atoms with van der Waals surface area (Å²) in [6.45, 7) is 2.50. The minimum atomic E-state index is -4.01. The van der Waals surface area contributed by atoms with Crippen molar-refractivity contribution in [1.82, 2.24) is 9.71 Å². The van der Waals surface area contributed by atoms with Crippen LogP contribution in [0.15, 0.2) is 47.5 Å². The van der Waals surface area contributed by atoms with Crippen LogP contribution in [-0.4, -0.2) is 31.0 Å². The molecule has 152 valence electrons. The number of benzene rings is 1. The Morgan fingerprint density at radius 3 is 2.39 bits per heavy atom. The Morgan fingerprint density at radius 2 is 1.79 bits per heavy atom. The zero-order chi connectivity index (χ0) is 20.4. The molecule has 0 aliphatic carbocycles. The number of aliphatic hydroxyl groups excluding tert-OH is 1. The van der Waals surface area contributed by atoms with E-state index in [9.17, 15) is 13.2 Å². The molecular weight excluding hydrogens is 380 g/mol. The SMILES string of the molecule is CCCCCCCOc1ccc(S(=O)(=O)NC(=O)c2ccc(CO)nc2)cc1. The zero-order valence-corrected chi connectivity index (χ0v) is 16.7. The molecule has 2 rings (SSSR count). The van der Waals surface area contributed by atoms with Crippen LogP contribution in [0.25, 0.3) is 0 Å². The van der Waals surface area contributed by atoms with E-state index in [0.29, 0.717) is 18.1 Å². The number of sulfonamides is 1. The van der Waals surface area contributed by atoms with Gasteiger partial charge in [-0.05, 0) is 42.8 Å². The van der Waals surface area contributed by atoms with E-state index in [2.05, 4.69) is 11.9 Å². The van der Waals surface area contributed by atoms with Gasteiger partial charge in [-0.2, -0.15) is 0 Å². The Labute approximate surface area is 165 Å². The molecule has 0 saturated carbocycles. The molecule has 0 aliphatic heterocycles. The molecule has 0 saturated heterocycles. The van der Waals surface area contributed by atoms with Gasteiger partial charge in [-0.25, -0.2) is 13.1 Å². The van der Waals surface area contributed by atoms with Crippen LogP contribution in [0.3, 0.4) is 0 Å². The molecule has 8 heteroatoms. The summed E-state index contributed by atoms with van der Waals surface area (Å²) >= 11 is 0. The first-order valence-corrected chi connectivity index (χ1v) is 10.8. The Hall–Kier alpha value is -2.45. The van der Waals surface area contributed by atoms with Crippen LogP contribution in [0.4, 0.5) is 0 Å². The molecule has 0 spiro atoms. The molecule has 1 aromatic heterocycles. The van der Waals surface area contributed by atoms with Crippen LogP contribution in [0.1, 0.15) is 55.1 Å². The van der Waals surface area contributed by atoms with Gasteiger partial charge in [0.25, 0.3) is 15.9 Å². The molecule has 0 radical (unpaired) electrons. The van der Waals surface area contributed by atoms with Crippen molar-refractivity contribution in [2.75, 3.05) is 6.61 Å². The fourth-order valence-electron chi connectivity index (χ4n) is 2.50. The lowest BCUT2D eigenvalue weighted by Gasteiger charge is -2.09. The third-order valence-electron chi connectivity index (χ3n) is 4.13. The minimum absolute atomic E-state index is 0.0314. The number of ether oxygens (including phenoxy) is 1. The smallest absolute Gasteiger partial charge is 0.266 e. The Balaban J connectivity index is 1.91. The predicted octanol–water partition coefficient (Wildman–Crippen LogP) is 3.04. The number of aromatic nitrogens is 1. The predicted molar refractivity (Wildman–Crippen MR) is 106 cm³/mol. The number of unbranched alkanes of at least 4 members (excludes halogenated alkanes) is 4. The second-order valence-corrected chi connectivity index (χ2v) is 8.05. The van der Waals surface area contributed by atoms with Gasteiger partial charge in [0.05, 0.1) is 29.4 Å². The van der Waals surface area contributed by atoms with Gasteiger partial charge < -0.3 is 9.84 Å². The molecule has 28 heavy (non-hydrogen) atoms. The summed E-state index contributed by atoms with van der Waals surface area (Å²) in [7, 11) is -4.01. The maximum atomic E-state index is 12.4. The van der Waals surface area contributed by atoms with Crippen LogP contribution in [0.2, 0.25) is 0 Å². The quantitative estimate of drug-likeness (QED) is 0.556. The van der Waals surface area contributed by atoms with Crippen molar-refractivity contribution >= 4 is 15.9 Å². The van der Waals surface area contributed by atoms with Crippen molar-refractivity contribution < 1.29 is 23.1 Å². The van der Waals surface area contributed by atoms with Crippen molar-refractivity contribution in [3.63, 3.8) is 0 Å². The number of pyridine rings is 1. The second-order valence-electron chi connectivity index (χ2n) is 6.37. The number of carbonyl (C=O) groups is 1. The van der Waals surface area contributed by atoms with Crippen molar-refractivity contribution in [3.05, 3.63) is 53.9 Å². The molecule has 0 aliphatic rings. The number of carbonyl (C=O) groups excluding carboxylic acids is 1. The van der Waals surface area contributed by atoms with Crippen LogP contribution in [0.5, 0.6) is 5.75 Å². The number of nitrogens with zero attached hydrogens (tertiary/aromatic N) is 1. The molecule has 1 aromatic carbocycles.